The Hall–Kier alpha value is -1.14. The zero-order chi connectivity index (χ0) is 11.8. The van der Waals surface area contributed by atoms with E-state index in [1.807, 2.05) is 6.92 Å². The van der Waals surface area contributed by atoms with E-state index in [1.165, 1.54) is 0 Å². The van der Waals surface area contributed by atoms with Gasteiger partial charge in [-0.05, 0) is 12.8 Å². The second-order valence-electron chi connectivity index (χ2n) is 3.34. The Bertz CT molecular complexity index is 216. The van der Waals surface area contributed by atoms with Crippen LogP contribution in [-0.2, 0) is 9.59 Å². The quantitative estimate of drug-likeness (QED) is 0.441. The lowest BCUT2D eigenvalue weighted by Gasteiger charge is -2.14. The average Bonchev–Trinajstić information content (AvgIpc) is 2.22. The summed E-state index contributed by atoms with van der Waals surface area (Å²) in [7, 11) is 0. The van der Waals surface area contributed by atoms with Gasteiger partial charge in [0.2, 0.25) is 5.91 Å². The maximum Gasteiger partial charge on any atom is 0.320 e. The molecule has 1 amide bonds. The van der Waals surface area contributed by atoms with Crippen molar-refractivity contribution in [1.29, 1.82) is 0 Å². The molecule has 0 fully saturated rings. The van der Waals surface area contributed by atoms with Gasteiger partial charge < -0.3 is 21.3 Å². The van der Waals surface area contributed by atoms with Crippen LogP contribution in [0.25, 0.3) is 0 Å². The third-order valence-electron chi connectivity index (χ3n) is 2.08. The van der Waals surface area contributed by atoms with Gasteiger partial charge in [0.1, 0.15) is 6.04 Å². The van der Waals surface area contributed by atoms with Gasteiger partial charge >= 0.3 is 5.97 Å². The number of amides is 1. The van der Waals surface area contributed by atoms with Crippen LogP contribution in [0.15, 0.2) is 0 Å². The van der Waals surface area contributed by atoms with Crippen molar-refractivity contribution in [3.8, 4) is 0 Å². The molecule has 1 unspecified atom stereocenters. The fourth-order valence-electron chi connectivity index (χ4n) is 0.987. The lowest BCUT2D eigenvalue weighted by atomic mass is 10.1. The van der Waals surface area contributed by atoms with E-state index in [0.29, 0.717) is 6.42 Å². The first kappa shape index (κ1) is 13.9. The summed E-state index contributed by atoms with van der Waals surface area (Å²) < 4.78 is 0. The molecule has 0 aromatic rings. The van der Waals surface area contributed by atoms with Crippen molar-refractivity contribution >= 4 is 11.9 Å². The molecule has 0 bridgehead atoms. The van der Waals surface area contributed by atoms with E-state index in [1.54, 1.807) is 0 Å². The van der Waals surface area contributed by atoms with Gasteiger partial charge in [-0.1, -0.05) is 6.92 Å². The Morgan fingerprint density at radius 1 is 1.47 bits per heavy atom. The van der Waals surface area contributed by atoms with Crippen molar-refractivity contribution in [2.24, 2.45) is 5.73 Å². The zero-order valence-electron chi connectivity index (χ0n) is 8.77. The van der Waals surface area contributed by atoms with Gasteiger partial charge in [-0.25, -0.2) is 0 Å². The summed E-state index contributed by atoms with van der Waals surface area (Å²) in [5.74, 6) is -1.40. The van der Waals surface area contributed by atoms with Crippen molar-refractivity contribution in [3.63, 3.8) is 0 Å². The van der Waals surface area contributed by atoms with Crippen molar-refractivity contribution in [3.05, 3.63) is 0 Å². The van der Waals surface area contributed by atoms with Crippen LogP contribution in [0.1, 0.15) is 26.2 Å². The predicted octanol–water partition coefficient (Wildman–Crippen LogP) is -0.934. The van der Waals surface area contributed by atoms with Crippen LogP contribution in [0.2, 0.25) is 0 Å². The van der Waals surface area contributed by atoms with Crippen molar-refractivity contribution in [2.75, 3.05) is 6.61 Å². The Morgan fingerprint density at radius 2 is 2.07 bits per heavy atom. The molecule has 0 saturated heterocycles. The highest BCUT2D eigenvalue weighted by Crippen LogP contribution is 1.97. The first-order valence-electron chi connectivity index (χ1n) is 4.89. The molecular formula is C9H18N2O4. The maximum absolute atomic E-state index is 11.2. The van der Waals surface area contributed by atoms with E-state index in [0.717, 1.165) is 0 Å². The number of aliphatic carboxylic acids is 1. The van der Waals surface area contributed by atoms with E-state index in [4.69, 9.17) is 15.9 Å². The molecule has 0 aliphatic carbocycles. The van der Waals surface area contributed by atoms with Crippen molar-refractivity contribution in [1.82, 2.24) is 5.32 Å². The molecule has 0 saturated carbocycles. The minimum absolute atomic E-state index is 0.0595. The standard InChI is InChI=1S/C9H18N2O4/c1-2-6(5-12)11-8(13)4-3-7(10)9(14)15/h6-7,12H,2-5,10H2,1H3,(H,11,13)(H,14,15)/t6?,7-/m0/s1. The summed E-state index contributed by atoms with van der Waals surface area (Å²) in [5.41, 5.74) is 5.23. The van der Waals surface area contributed by atoms with E-state index < -0.39 is 12.0 Å². The Morgan fingerprint density at radius 3 is 2.47 bits per heavy atom. The Kier molecular flexibility index (Phi) is 6.64. The van der Waals surface area contributed by atoms with Crippen LogP contribution in [0.5, 0.6) is 0 Å². The first-order chi connectivity index (χ1) is 7.01. The van der Waals surface area contributed by atoms with Gasteiger partial charge in [0, 0.05) is 6.42 Å². The van der Waals surface area contributed by atoms with E-state index in [-0.39, 0.29) is 31.4 Å². The third kappa shape index (κ3) is 6.03. The number of rotatable bonds is 7. The lowest BCUT2D eigenvalue weighted by molar-refractivity contribution is -0.138. The first-order valence-corrected chi connectivity index (χ1v) is 4.89. The molecule has 0 rings (SSSR count). The largest absolute Gasteiger partial charge is 0.480 e. The third-order valence-corrected chi connectivity index (χ3v) is 2.08. The summed E-state index contributed by atoms with van der Waals surface area (Å²) >= 11 is 0. The summed E-state index contributed by atoms with van der Waals surface area (Å²) in [5, 5.41) is 19.9. The molecule has 0 aliphatic rings. The van der Waals surface area contributed by atoms with Crippen molar-refractivity contribution < 1.29 is 19.8 Å². The smallest absolute Gasteiger partial charge is 0.320 e. The van der Waals surface area contributed by atoms with Gasteiger partial charge in [0.25, 0.3) is 0 Å². The molecule has 88 valence electrons. The van der Waals surface area contributed by atoms with Gasteiger partial charge in [-0.15, -0.1) is 0 Å². The average molecular weight is 218 g/mol. The molecule has 5 N–H and O–H groups in total. The van der Waals surface area contributed by atoms with Gasteiger partial charge in [0.05, 0.1) is 12.6 Å². The second-order valence-corrected chi connectivity index (χ2v) is 3.34. The van der Waals surface area contributed by atoms with Gasteiger partial charge in [-0.2, -0.15) is 0 Å². The predicted molar refractivity (Wildman–Crippen MR) is 54.2 cm³/mol. The fourth-order valence-corrected chi connectivity index (χ4v) is 0.987. The normalized spacial score (nSPS) is 14.3. The fraction of sp³-hybridized carbons (Fsp3) is 0.778. The molecular weight excluding hydrogens is 200 g/mol. The van der Waals surface area contributed by atoms with Crippen LogP contribution in [0.4, 0.5) is 0 Å². The molecule has 0 aromatic heterocycles. The number of carbonyl (C=O) groups is 2. The number of carboxylic acid groups (broad SMARTS) is 1. The van der Waals surface area contributed by atoms with E-state index in [2.05, 4.69) is 5.32 Å². The van der Waals surface area contributed by atoms with E-state index >= 15 is 0 Å². The Balaban J connectivity index is 3.79. The van der Waals surface area contributed by atoms with Gasteiger partial charge in [-0.3, -0.25) is 9.59 Å². The highest BCUT2D eigenvalue weighted by Gasteiger charge is 2.14. The minimum Gasteiger partial charge on any atom is -0.480 e. The topological polar surface area (TPSA) is 113 Å². The van der Waals surface area contributed by atoms with E-state index in [9.17, 15) is 9.59 Å². The highest BCUT2D eigenvalue weighted by molar-refractivity contribution is 5.78. The number of aliphatic hydroxyl groups excluding tert-OH is 1. The number of nitrogens with two attached hydrogens (primary N) is 1. The van der Waals surface area contributed by atoms with Gasteiger partial charge in [0.15, 0.2) is 0 Å². The van der Waals surface area contributed by atoms with Crippen LogP contribution >= 0.6 is 0 Å². The molecule has 0 aliphatic heterocycles. The number of carbonyl (C=O) groups excluding carboxylic acids is 1. The second kappa shape index (κ2) is 7.19. The van der Waals surface area contributed by atoms with Crippen LogP contribution in [-0.4, -0.2) is 40.8 Å². The number of aliphatic hydroxyl groups is 1. The molecule has 0 radical (unpaired) electrons. The maximum atomic E-state index is 11.2. The minimum atomic E-state index is -1.11. The molecule has 0 spiro atoms. The molecule has 2 atom stereocenters. The molecule has 6 nitrogen and oxygen atoms in total. The van der Waals surface area contributed by atoms with Crippen LogP contribution in [0.3, 0.4) is 0 Å². The SMILES string of the molecule is CCC(CO)NC(=O)CC[C@H](N)C(=O)O. The molecule has 6 heteroatoms. The van der Waals surface area contributed by atoms with Crippen molar-refractivity contribution in [2.45, 2.75) is 38.3 Å². The lowest BCUT2D eigenvalue weighted by Crippen LogP contribution is -2.38. The summed E-state index contributed by atoms with van der Waals surface area (Å²) in [6, 6.07) is -1.27. The molecule has 0 heterocycles. The monoisotopic (exact) mass is 218 g/mol. The zero-order valence-corrected chi connectivity index (χ0v) is 8.77. The summed E-state index contributed by atoms with van der Waals surface area (Å²) in [6.07, 6.45) is 0.792. The number of nitrogens with one attached hydrogen (secondary N) is 1. The molecule has 0 aromatic carbocycles. The van der Waals surface area contributed by atoms with Crippen LogP contribution < -0.4 is 11.1 Å². The number of hydrogen-bond acceptors (Lipinski definition) is 4. The number of hydrogen-bond donors (Lipinski definition) is 4. The Labute approximate surface area is 88.5 Å². The molecule has 15 heavy (non-hydrogen) atoms. The number of carboxylic acids is 1. The highest BCUT2D eigenvalue weighted by atomic mass is 16.4. The summed E-state index contributed by atoms with van der Waals surface area (Å²) in [4.78, 5) is 21.6. The van der Waals surface area contributed by atoms with Crippen LogP contribution in [0, 0.1) is 0 Å². The summed E-state index contributed by atoms with van der Waals surface area (Å²) in [6.45, 7) is 1.72.